The van der Waals surface area contributed by atoms with Crippen molar-refractivity contribution in [2.24, 2.45) is 0 Å². The number of hydrogen-bond acceptors (Lipinski definition) is 9. The second-order valence-corrected chi connectivity index (χ2v) is 7.11. The molecule has 1 amide bonds. The summed E-state index contributed by atoms with van der Waals surface area (Å²) in [4.78, 5) is 57.7. The van der Waals surface area contributed by atoms with Crippen LogP contribution in [0.4, 0.5) is 22.7 Å². The molecule has 0 unspecified atom stereocenters. The van der Waals surface area contributed by atoms with Gasteiger partial charge in [-0.25, -0.2) is 4.79 Å². The van der Waals surface area contributed by atoms with Crippen LogP contribution in [0, 0.1) is 10.1 Å². The molecule has 172 valence electrons. The number of hydrogen-bond donors (Lipinski definition) is 5. The average Bonchev–Trinajstić information content (AvgIpc) is 3.29. The molecular weight excluding hydrogens is 436 g/mol. The number of nitro groups is 1. The van der Waals surface area contributed by atoms with Gasteiger partial charge in [0.1, 0.15) is 23.6 Å². The quantitative estimate of drug-likeness (QED) is 0.158. The number of aromatic nitrogens is 2. The summed E-state index contributed by atoms with van der Waals surface area (Å²) in [7, 11) is 0. The van der Waals surface area contributed by atoms with Crippen molar-refractivity contribution < 1.29 is 19.6 Å². The molecule has 0 spiro atoms. The van der Waals surface area contributed by atoms with E-state index in [1.165, 1.54) is 12.1 Å². The minimum absolute atomic E-state index is 0.0123. The highest BCUT2D eigenvalue weighted by Gasteiger charge is 2.27. The summed E-state index contributed by atoms with van der Waals surface area (Å²) < 4.78 is 0. The number of H-pyrrole nitrogens is 1. The van der Waals surface area contributed by atoms with Crippen LogP contribution in [-0.2, 0) is 11.2 Å². The van der Waals surface area contributed by atoms with Crippen molar-refractivity contribution in [1.82, 2.24) is 10.2 Å². The van der Waals surface area contributed by atoms with Crippen molar-refractivity contribution in [2.45, 2.75) is 25.8 Å². The SMILES string of the molecule is CCCNc1c(N[C@@H](Cc2ccc(NC(=O)c3[nH]ncc3[N+](=O)[O-])cc2)C(=O)O)c(=O)c1=O. The lowest BCUT2D eigenvalue weighted by atomic mass is 10.0. The first-order chi connectivity index (χ1) is 15.7. The number of aliphatic carboxylic acids is 1. The fraction of sp³-hybridized carbons (Fsp3) is 0.250. The maximum absolute atomic E-state index is 12.2. The molecule has 3 rings (SSSR count). The number of aromatic amines is 1. The molecule has 5 N–H and O–H groups in total. The highest BCUT2D eigenvalue weighted by atomic mass is 16.6. The number of nitrogens with zero attached hydrogens (tertiary/aromatic N) is 2. The number of carbonyl (C=O) groups excluding carboxylic acids is 1. The number of benzene rings is 1. The van der Waals surface area contributed by atoms with Crippen molar-refractivity contribution >= 4 is 34.6 Å². The highest BCUT2D eigenvalue weighted by molar-refractivity contribution is 6.05. The van der Waals surface area contributed by atoms with Gasteiger partial charge in [0.05, 0.1) is 4.92 Å². The number of carboxylic acids is 1. The smallest absolute Gasteiger partial charge is 0.326 e. The van der Waals surface area contributed by atoms with Crippen molar-refractivity contribution in [3.05, 3.63) is 72.3 Å². The summed E-state index contributed by atoms with van der Waals surface area (Å²) in [6.45, 7) is 2.35. The Kier molecular flexibility index (Phi) is 6.81. The largest absolute Gasteiger partial charge is 0.480 e. The molecule has 1 heterocycles. The van der Waals surface area contributed by atoms with Gasteiger partial charge in [-0.3, -0.25) is 29.6 Å². The van der Waals surface area contributed by atoms with Gasteiger partial charge in [-0.2, -0.15) is 5.10 Å². The Morgan fingerprint density at radius 3 is 2.45 bits per heavy atom. The van der Waals surface area contributed by atoms with Crippen LogP contribution in [0.3, 0.4) is 0 Å². The molecule has 0 radical (unpaired) electrons. The van der Waals surface area contributed by atoms with Gasteiger partial charge in [0.2, 0.25) is 5.69 Å². The predicted molar refractivity (Wildman–Crippen MR) is 119 cm³/mol. The maximum atomic E-state index is 12.2. The van der Waals surface area contributed by atoms with Gasteiger partial charge in [0, 0.05) is 18.7 Å². The fourth-order valence-corrected chi connectivity index (χ4v) is 3.06. The zero-order valence-corrected chi connectivity index (χ0v) is 17.4. The fourth-order valence-electron chi connectivity index (χ4n) is 3.06. The number of carbonyl (C=O) groups is 2. The molecule has 0 saturated carbocycles. The summed E-state index contributed by atoms with van der Waals surface area (Å²) in [6, 6.07) is 4.95. The van der Waals surface area contributed by atoms with E-state index in [4.69, 9.17) is 0 Å². The lowest BCUT2D eigenvalue weighted by Crippen LogP contribution is -2.42. The van der Waals surface area contributed by atoms with Gasteiger partial charge in [-0.1, -0.05) is 19.1 Å². The standard InChI is InChI=1S/C20H20N6O7/c1-2-7-21-15-16(18(28)17(15)27)24-12(20(30)31)8-10-3-5-11(6-4-10)23-19(29)14-13(26(32)33)9-22-25-14/h3-6,9,12,21,24H,2,7-8H2,1H3,(H,22,25)(H,23,29)(H,30,31)/t12-/m0/s1. The summed E-state index contributed by atoms with van der Waals surface area (Å²) in [5, 5.41) is 34.2. The summed E-state index contributed by atoms with van der Waals surface area (Å²) >= 11 is 0. The van der Waals surface area contributed by atoms with Crippen LogP contribution in [0.15, 0.2) is 40.1 Å². The zero-order chi connectivity index (χ0) is 24.1. The first-order valence-electron chi connectivity index (χ1n) is 9.87. The number of rotatable bonds is 11. The van der Waals surface area contributed by atoms with Crippen LogP contribution >= 0.6 is 0 Å². The molecule has 0 saturated heterocycles. The Bertz CT molecular complexity index is 1260. The van der Waals surface area contributed by atoms with Crippen molar-refractivity contribution in [1.29, 1.82) is 0 Å². The van der Waals surface area contributed by atoms with Crippen LogP contribution in [0.1, 0.15) is 29.4 Å². The maximum Gasteiger partial charge on any atom is 0.326 e. The van der Waals surface area contributed by atoms with Crippen molar-refractivity contribution in [3.63, 3.8) is 0 Å². The van der Waals surface area contributed by atoms with Gasteiger partial charge in [0.25, 0.3) is 16.8 Å². The van der Waals surface area contributed by atoms with E-state index in [0.717, 1.165) is 12.6 Å². The Balaban J connectivity index is 1.68. The molecule has 0 aliphatic rings. The predicted octanol–water partition coefficient (Wildman–Crippen LogP) is 1.10. The average molecular weight is 456 g/mol. The van der Waals surface area contributed by atoms with E-state index < -0.39 is 39.4 Å². The Morgan fingerprint density at radius 2 is 1.85 bits per heavy atom. The van der Waals surface area contributed by atoms with E-state index >= 15 is 0 Å². The topological polar surface area (TPSA) is 196 Å². The Hall–Kier alpha value is -4.55. The molecule has 1 aromatic heterocycles. The lowest BCUT2D eigenvalue weighted by Gasteiger charge is -2.20. The van der Waals surface area contributed by atoms with Crippen LogP contribution < -0.4 is 26.8 Å². The van der Waals surface area contributed by atoms with Crippen LogP contribution in [-0.4, -0.2) is 44.7 Å². The number of anilines is 3. The molecule has 33 heavy (non-hydrogen) atoms. The van der Waals surface area contributed by atoms with E-state index in [9.17, 15) is 34.4 Å². The molecule has 0 aliphatic heterocycles. The molecule has 13 heteroatoms. The Labute approximate surface area is 185 Å². The van der Waals surface area contributed by atoms with E-state index in [1.54, 1.807) is 12.1 Å². The van der Waals surface area contributed by atoms with Crippen molar-refractivity contribution in [3.8, 4) is 0 Å². The van der Waals surface area contributed by atoms with Gasteiger partial charge >= 0.3 is 11.7 Å². The van der Waals surface area contributed by atoms with Gasteiger partial charge in [0.15, 0.2) is 0 Å². The van der Waals surface area contributed by atoms with Crippen LogP contribution in [0.2, 0.25) is 0 Å². The lowest BCUT2D eigenvalue weighted by molar-refractivity contribution is -0.385. The molecular formula is C20H20N6O7. The summed E-state index contributed by atoms with van der Waals surface area (Å²) in [5.74, 6) is -1.97. The van der Waals surface area contributed by atoms with Gasteiger partial charge in [-0.05, 0) is 24.1 Å². The summed E-state index contributed by atoms with van der Waals surface area (Å²) in [5.41, 5.74) is -1.31. The third-order valence-corrected chi connectivity index (χ3v) is 4.77. The molecule has 2 aromatic carbocycles. The second-order valence-electron chi connectivity index (χ2n) is 7.11. The molecule has 13 nitrogen and oxygen atoms in total. The molecule has 0 fully saturated rings. The van der Waals surface area contributed by atoms with Gasteiger partial charge < -0.3 is 21.1 Å². The second kappa shape index (κ2) is 9.72. The van der Waals surface area contributed by atoms with Crippen molar-refractivity contribution in [2.75, 3.05) is 22.5 Å². The third kappa shape index (κ3) is 5.03. The van der Waals surface area contributed by atoms with Crippen LogP contribution in [0.5, 0.6) is 0 Å². The minimum atomic E-state index is -1.21. The van der Waals surface area contributed by atoms with E-state index in [1.807, 2.05) is 6.92 Å². The first kappa shape index (κ1) is 23.1. The highest BCUT2D eigenvalue weighted by Crippen LogP contribution is 2.20. The van der Waals surface area contributed by atoms with Crippen LogP contribution in [0.25, 0.3) is 0 Å². The molecule has 3 aromatic rings. The molecule has 1 atom stereocenters. The summed E-state index contributed by atoms with van der Waals surface area (Å²) in [6.07, 6.45) is 1.63. The van der Waals surface area contributed by atoms with E-state index in [0.29, 0.717) is 17.8 Å². The normalized spacial score (nSPS) is 11.7. The van der Waals surface area contributed by atoms with E-state index in [-0.39, 0.29) is 23.5 Å². The first-order valence-corrected chi connectivity index (χ1v) is 9.87. The number of nitrogens with one attached hydrogen (secondary N) is 4. The zero-order valence-electron chi connectivity index (χ0n) is 17.4. The molecule has 0 bridgehead atoms. The number of amides is 1. The molecule has 0 aliphatic carbocycles. The minimum Gasteiger partial charge on any atom is -0.480 e. The third-order valence-electron chi connectivity index (χ3n) is 4.77. The van der Waals surface area contributed by atoms with E-state index in [2.05, 4.69) is 26.1 Å². The monoisotopic (exact) mass is 456 g/mol. The van der Waals surface area contributed by atoms with Gasteiger partial charge in [-0.15, -0.1) is 0 Å². The Morgan fingerprint density at radius 1 is 1.18 bits per heavy atom. The number of carboxylic acid groups (broad SMARTS) is 1.